The largest absolute Gasteiger partial charge is 0.389 e. The van der Waals surface area contributed by atoms with Crippen LogP contribution in [0.2, 0.25) is 0 Å². The van der Waals surface area contributed by atoms with Crippen LogP contribution >= 0.6 is 0 Å². The van der Waals surface area contributed by atoms with Crippen molar-refractivity contribution in [1.82, 2.24) is 0 Å². The monoisotopic (exact) mass is 351 g/mol. The molecule has 0 aromatic heterocycles. The maximum absolute atomic E-state index is 12.3. The van der Waals surface area contributed by atoms with Crippen LogP contribution in [0.3, 0.4) is 0 Å². The van der Waals surface area contributed by atoms with Gasteiger partial charge in [-0.3, -0.25) is 4.18 Å². The highest BCUT2D eigenvalue weighted by molar-refractivity contribution is 7.86. The lowest BCUT2D eigenvalue weighted by Gasteiger charge is -2.13. The number of halogens is 3. The van der Waals surface area contributed by atoms with Gasteiger partial charge in [0.2, 0.25) is 0 Å². The highest BCUT2D eigenvalue weighted by Gasteiger charge is 2.31. The van der Waals surface area contributed by atoms with Gasteiger partial charge in [-0.25, -0.2) is 0 Å². The van der Waals surface area contributed by atoms with Gasteiger partial charge in [0.15, 0.2) is 0 Å². The van der Waals surface area contributed by atoms with Crippen LogP contribution in [0.1, 0.15) is 24.8 Å². The van der Waals surface area contributed by atoms with Gasteiger partial charge in [-0.2, -0.15) is 21.6 Å². The molecular formula is C13H16F3N3O3S. The normalized spacial score (nSPS) is 13.4. The zero-order valence-corrected chi connectivity index (χ0v) is 13.1. The molecule has 0 amide bonds. The van der Waals surface area contributed by atoms with Crippen molar-refractivity contribution in [3.8, 4) is 0 Å². The topological polar surface area (TPSA) is 92.1 Å². The molecule has 0 aliphatic rings. The second-order valence-corrected chi connectivity index (χ2v) is 6.52. The highest BCUT2D eigenvalue weighted by atomic mass is 32.2. The molecular weight excluding hydrogens is 335 g/mol. The van der Waals surface area contributed by atoms with E-state index in [1.165, 1.54) is 12.1 Å². The number of hydrogen-bond acceptors (Lipinski definition) is 4. The van der Waals surface area contributed by atoms with E-state index in [0.29, 0.717) is 0 Å². The molecule has 0 saturated heterocycles. The molecule has 0 saturated carbocycles. The Morgan fingerprint density at radius 3 is 2.43 bits per heavy atom. The lowest BCUT2D eigenvalue weighted by atomic mass is 10.1. The summed E-state index contributed by atoms with van der Waals surface area (Å²) in [5, 5.41) is 3.07. The van der Waals surface area contributed by atoms with Crippen LogP contribution in [0, 0.1) is 6.92 Å². The smallest absolute Gasteiger partial charge is 0.266 e. The SMILES string of the molecule is Cc1ccc(S(=O)(=O)OCCCC(CC(F)(F)F)N=[N+]=[N-])cc1. The van der Waals surface area contributed by atoms with E-state index < -0.39 is 28.8 Å². The van der Waals surface area contributed by atoms with Gasteiger partial charge in [0.25, 0.3) is 10.1 Å². The van der Waals surface area contributed by atoms with Crippen LogP contribution in [0.25, 0.3) is 10.4 Å². The Balaban J connectivity index is 2.52. The van der Waals surface area contributed by atoms with Gasteiger partial charge in [0.05, 0.1) is 17.9 Å². The predicted molar refractivity (Wildman–Crippen MR) is 77.2 cm³/mol. The fourth-order valence-corrected chi connectivity index (χ4v) is 2.74. The molecule has 1 aromatic rings. The first-order valence-electron chi connectivity index (χ1n) is 6.71. The van der Waals surface area contributed by atoms with Gasteiger partial charge >= 0.3 is 6.18 Å². The van der Waals surface area contributed by atoms with Crippen molar-refractivity contribution in [3.63, 3.8) is 0 Å². The number of hydrogen-bond donors (Lipinski definition) is 0. The summed E-state index contributed by atoms with van der Waals surface area (Å²) in [5.41, 5.74) is 9.14. The molecule has 10 heteroatoms. The third-order valence-corrected chi connectivity index (χ3v) is 4.24. The molecule has 6 nitrogen and oxygen atoms in total. The lowest BCUT2D eigenvalue weighted by molar-refractivity contribution is -0.138. The van der Waals surface area contributed by atoms with E-state index >= 15 is 0 Å². The molecule has 0 radical (unpaired) electrons. The summed E-state index contributed by atoms with van der Waals surface area (Å²) in [6, 6.07) is 4.72. The third kappa shape index (κ3) is 7.36. The van der Waals surface area contributed by atoms with Crippen LogP contribution in [0.4, 0.5) is 13.2 Å². The summed E-state index contributed by atoms with van der Waals surface area (Å²) in [6.45, 7) is 1.51. The Morgan fingerprint density at radius 2 is 1.91 bits per heavy atom. The van der Waals surface area contributed by atoms with Gasteiger partial charge in [-0.05, 0) is 37.4 Å². The fourth-order valence-electron chi connectivity index (χ4n) is 1.80. The van der Waals surface area contributed by atoms with E-state index in [2.05, 4.69) is 10.0 Å². The molecule has 128 valence electrons. The molecule has 1 unspecified atom stereocenters. The molecule has 0 N–H and O–H groups in total. The van der Waals surface area contributed by atoms with Crippen molar-refractivity contribution in [2.45, 2.75) is 43.3 Å². The summed E-state index contributed by atoms with van der Waals surface area (Å²) >= 11 is 0. The molecule has 0 heterocycles. The van der Waals surface area contributed by atoms with Crippen molar-refractivity contribution in [1.29, 1.82) is 0 Å². The second-order valence-electron chi connectivity index (χ2n) is 4.91. The molecule has 0 fully saturated rings. The first-order chi connectivity index (χ1) is 10.6. The zero-order chi connectivity index (χ0) is 17.5. The van der Waals surface area contributed by atoms with E-state index in [4.69, 9.17) is 9.71 Å². The van der Waals surface area contributed by atoms with Crippen LogP contribution in [-0.2, 0) is 14.3 Å². The second kappa shape index (κ2) is 8.19. The molecule has 1 atom stereocenters. The van der Waals surface area contributed by atoms with Crippen LogP contribution in [-0.4, -0.2) is 27.2 Å². The van der Waals surface area contributed by atoms with E-state index in [0.717, 1.165) is 5.56 Å². The van der Waals surface area contributed by atoms with E-state index in [1.54, 1.807) is 19.1 Å². The summed E-state index contributed by atoms with van der Waals surface area (Å²) < 4.78 is 65.3. The summed E-state index contributed by atoms with van der Waals surface area (Å²) in [4.78, 5) is 2.35. The van der Waals surface area contributed by atoms with Crippen LogP contribution in [0.5, 0.6) is 0 Å². The number of alkyl halides is 3. The van der Waals surface area contributed by atoms with E-state index in [1.807, 2.05) is 0 Å². The van der Waals surface area contributed by atoms with Gasteiger partial charge < -0.3 is 0 Å². The van der Waals surface area contributed by atoms with Crippen LogP contribution < -0.4 is 0 Å². The van der Waals surface area contributed by atoms with Crippen molar-refractivity contribution >= 4 is 10.1 Å². The Bertz CT molecular complexity index is 653. The molecule has 0 aliphatic heterocycles. The lowest BCUT2D eigenvalue weighted by Crippen LogP contribution is -2.18. The molecule has 1 rings (SSSR count). The molecule has 0 bridgehead atoms. The zero-order valence-electron chi connectivity index (χ0n) is 12.3. The van der Waals surface area contributed by atoms with Gasteiger partial charge in [0, 0.05) is 11.0 Å². The molecule has 0 spiro atoms. The molecule has 1 aromatic carbocycles. The minimum absolute atomic E-state index is 0.0187. The number of benzene rings is 1. The van der Waals surface area contributed by atoms with Gasteiger partial charge in [0.1, 0.15) is 0 Å². The van der Waals surface area contributed by atoms with Crippen molar-refractivity contribution in [3.05, 3.63) is 40.3 Å². The summed E-state index contributed by atoms with van der Waals surface area (Å²) in [6.07, 6.45) is -5.80. The van der Waals surface area contributed by atoms with Crippen molar-refractivity contribution < 1.29 is 25.8 Å². The van der Waals surface area contributed by atoms with Crippen LogP contribution in [0.15, 0.2) is 34.3 Å². The van der Waals surface area contributed by atoms with Crippen molar-refractivity contribution in [2.24, 2.45) is 5.11 Å². The minimum Gasteiger partial charge on any atom is -0.266 e. The predicted octanol–water partition coefficient (Wildman–Crippen LogP) is 4.11. The third-order valence-electron chi connectivity index (χ3n) is 2.91. The number of nitrogens with zero attached hydrogens (tertiary/aromatic N) is 3. The fraction of sp³-hybridized carbons (Fsp3) is 0.538. The standard InChI is InChI=1S/C13H16F3N3O3S/c1-10-4-6-12(7-5-10)23(20,21)22-8-2-3-11(18-19-17)9-13(14,15)16/h4-7,11H,2-3,8-9H2,1H3. The molecule has 23 heavy (non-hydrogen) atoms. The van der Waals surface area contributed by atoms with E-state index in [9.17, 15) is 21.6 Å². The van der Waals surface area contributed by atoms with Gasteiger partial charge in [-0.1, -0.05) is 22.8 Å². The summed E-state index contributed by atoms with van der Waals surface area (Å²) in [5.74, 6) is 0. The average molecular weight is 351 g/mol. The molecule has 0 aliphatic carbocycles. The Morgan fingerprint density at radius 1 is 1.30 bits per heavy atom. The first kappa shape index (κ1) is 19.3. The van der Waals surface area contributed by atoms with Gasteiger partial charge in [-0.15, -0.1) is 0 Å². The average Bonchev–Trinajstić information content (AvgIpc) is 2.42. The first-order valence-corrected chi connectivity index (χ1v) is 8.12. The summed E-state index contributed by atoms with van der Waals surface area (Å²) in [7, 11) is -3.95. The van der Waals surface area contributed by atoms with E-state index in [-0.39, 0.29) is 24.3 Å². The Kier molecular flexibility index (Phi) is 6.86. The number of azide groups is 1. The highest BCUT2D eigenvalue weighted by Crippen LogP contribution is 2.25. The maximum Gasteiger partial charge on any atom is 0.389 e. The van der Waals surface area contributed by atoms with Crippen molar-refractivity contribution in [2.75, 3.05) is 6.61 Å². The maximum atomic E-state index is 12.3. The quantitative estimate of drug-likeness (QED) is 0.232. The number of rotatable bonds is 8. The number of aryl methyl sites for hydroxylation is 1. The Labute approximate surface area is 132 Å². The Hall–Kier alpha value is -1.77. The minimum atomic E-state index is -4.45.